The lowest BCUT2D eigenvalue weighted by Gasteiger charge is -2.32. The third kappa shape index (κ3) is 5.10. The number of rotatable bonds is 9. The topological polar surface area (TPSA) is 125 Å². The second-order valence-electron chi connectivity index (χ2n) is 9.73. The lowest BCUT2D eigenvalue weighted by Crippen LogP contribution is -2.47. The van der Waals surface area contributed by atoms with Crippen molar-refractivity contribution in [2.45, 2.75) is 45.7 Å². The summed E-state index contributed by atoms with van der Waals surface area (Å²) < 4.78 is 0. The lowest BCUT2D eigenvalue weighted by atomic mass is 10.00. The number of tetrazole rings is 1. The highest BCUT2D eigenvalue weighted by atomic mass is 16.4. The molecule has 9 heteroatoms. The van der Waals surface area contributed by atoms with Gasteiger partial charge >= 0.3 is 5.97 Å². The molecule has 0 radical (unpaired) electrons. The Balaban J connectivity index is 1.38. The summed E-state index contributed by atoms with van der Waals surface area (Å²) in [5.74, 6) is -0.320. The number of hydrogen-bond donors (Lipinski definition) is 2. The fraction of sp³-hybridized carbons (Fsp3) is 0.333. The predicted molar refractivity (Wildman–Crippen MR) is 135 cm³/mol. The van der Waals surface area contributed by atoms with Crippen LogP contribution in [0.4, 0.5) is 0 Å². The van der Waals surface area contributed by atoms with E-state index in [9.17, 15) is 14.7 Å². The molecule has 5 rings (SSSR count). The van der Waals surface area contributed by atoms with E-state index in [1.807, 2.05) is 68.4 Å². The van der Waals surface area contributed by atoms with Crippen LogP contribution in [0.3, 0.4) is 0 Å². The van der Waals surface area contributed by atoms with Crippen molar-refractivity contribution in [3.8, 4) is 22.6 Å². The van der Waals surface area contributed by atoms with Crippen LogP contribution in [0.15, 0.2) is 54.6 Å². The molecule has 1 fully saturated rings. The van der Waals surface area contributed by atoms with Gasteiger partial charge in [0.25, 0.3) is 0 Å². The number of carboxylic acid groups (broad SMARTS) is 1. The standard InChI is InChI=1S/C27H28N6O3/c1-16(2)25(27(35)36)33(24(34)14-17-3-4-17)15-18-5-11-23-21(13-18)10-12-22(28-23)19-6-8-20(9-7-19)26-29-31-32-30-26/h5-13,16-17,25H,3-4,14-15H2,1-2H3,(H,35,36)(H,29,30,31,32). The Bertz CT molecular complexity index is 1380. The number of aliphatic carboxylic acids is 1. The van der Waals surface area contributed by atoms with E-state index in [1.54, 1.807) is 4.90 Å². The molecule has 0 aliphatic heterocycles. The Morgan fingerprint density at radius 2 is 1.81 bits per heavy atom. The van der Waals surface area contributed by atoms with Gasteiger partial charge in [0, 0.05) is 29.5 Å². The highest BCUT2D eigenvalue weighted by molar-refractivity contribution is 5.85. The van der Waals surface area contributed by atoms with Gasteiger partial charge in [-0.1, -0.05) is 50.2 Å². The monoisotopic (exact) mass is 484 g/mol. The lowest BCUT2D eigenvalue weighted by molar-refractivity contribution is -0.153. The molecule has 1 unspecified atom stereocenters. The SMILES string of the molecule is CC(C)C(C(=O)O)N(Cc1ccc2nc(-c3ccc(-c4nn[nH]n4)cc3)ccc2c1)C(=O)CC1CC1. The highest BCUT2D eigenvalue weighted by Gasteiger charge is 2.35. The number of amides is 1. The van der Waals surface area contributed by atoms with Gasteiger partial charge in [0.05, 0.1) is 11.2 Å². The van der Waals surface area contributed by atoms with Crippen molar-refractivity contribution >= 4 is 22.8 Å². The van der Waals surface area contributed by atoms with Gasteiger partial charge in [0.15, 0.2) is 0 Å². The van der Waals surface area contributed by atoms with Crippen LogP contribution in [0.5, 0.6) is 0 Å². The number of carboxylic acids is 1. The van der Waals surface area contributed by atoms with Gasteiger partial charge < -0.3 is 10.0 Å². The van der Waals surface area contributed by atoms with Crippen molar-refractivity contribution in [2.75, 3.05) is 0 Å². The zero-order valence-electron chi connectivity index (χ0n) is 20.3. The molecule has 2 aromatic carbocycles. The smallest absolute Gasteiger partial charge is 0.326 e. The number of nitrogens with one attached hydrogen (secondary N) is 1. The molecule has 1 amide bonds. The van der Waals surface area contributed by atoms with Gasteiger partial charge in [-0.05, 0) is 53.7 Å². The van der Waals surface area contributed by atoms with Crippen molar-refractivity contribution in [2.24, 2.45) is 11.8 Å². The van der Waals surface area contributed by atoms with Gasteiger partial charge in [-0.2, -0.15) is 5.21 Å². The van der Waals surface area contributed by atoms with Gasteiger partial charge in [0.1, 0.15) is 6.04 Å². The van der Waals surface area contributed by atoms with Gasteiger partial charge in [-0.3, -0.25) is 4.79 Å². The van der Waals surface area contributed by atoms with E-state index in [4.69, 9.17) is 4.98 Å². The van der Waals surface area contributed by atoms with E-state index in [0.717, 1.165) is 46.1 Å². The Morgan fingerprint density at radius 1 is 1.06 bits per heavy atom. The molecule has 2 N–H and O–H groups in total. The average Bonchev–Trinajstić information content (AvgIpc) is 3.50. The number of hydrogen-bond acceptors (Lipinski definition) is 6. The third-order valence-corrected chi connectivity index (χ3v) is 6.59. The van der Waals surface area contributed by atoms with Gasteiger partial charge in [0.2, 0.25) is 11.7 Å². The number of carbonyl (C=O) groups is 2. The molecule has 1 aliphatic rings. The van der Waals surface area contributed by atoms with Crippen LogP contribution < -0.4 is 0 Å². The second-order valence-corrected chi connectivity index (χ2v) is 9.73. The minimum Gasteiger partial charge on any atom is -0.480 e. The molecule has 36 heavy (non-hydrogen) atoms. The van der Waals surface area contributed by atoms with Crippen LogP contribution in [-0.4, -0.2) is 53.5 Å². The van der Waals surface area contributed by atoms with Crippen molar-refractivity contribution in [1.29, 1.82) is 0 Å². The Morgan fingerprint density at radius 3 is 2.44 bits per heavy atom. The van der Waals surface area contributed by atoms with Crippen molar-refractivity contribution < 1.29 is 14.7 Å². The van der Waals surface area contributed by atoms with Gasteiger partial charge in [-0.25, -0.2) is 9.78 Å². The van der Waals surface area contributed by atoms with E-state index < -0.39 is 12.0 Å². The summed E-state index contributed by atoms with van der Waals surface area (Å²) in [7, 11) is 0. The fourth-order valence-electron chi connectivity index (χ4n) is 4.51. The summed E-state index contributed by atoms with van der Waals surface area (Å²) in [4.78, 5) is 31.4. The zero-order chi connectivity index (χ0) is 25.2. The number of fused-ring (bicyclic) bond motifs is 1. The van der Waals surface area contributed by atoms with Crippen molar-refractivity contribution in [3.05, 3.63) is 60.2 Å². The first kappa shape index (κ1) is 23.6. The summed E-state index contributed by atoms with van der Waals surface area (Å²) in [5.41, 5.74) is 4.37. The predicted octanol–water partition coefficient (Wildman–Crippen LogP) is 4.32. The molecular weight excluding hydrogens is 456 g/mol. The molecule has 0 spiro atoms. The van der Waals surface area contributed by atoms with Crippen molar-refractivity contribution in [3.63, 3.8) is 0 Å². The summed E-state index contributed by atoms with van der Waals surface area (Å²) in [6.45, 7) is 3.95. The van der Waals surface area contributed by atoms with Crippen molar-refractivity contribution in [1.82, 2.24) is 30.5 Å². The third-order valence-electron chi connectivity index (χ3n) is 6.59. The molecule has 1 saturated carbocycles. The Kier molecular flexibility index (Phi) is 6.45. The maximum Gasteiger partial charge on any atom is 0.326 e. The van der Waals surface area contributed by atoms with E-state index in [2.05, 4.69) is 20.6 Å². The summed E-state index contributed by atoms with van der Waals surface area (Å²) in [5, 5.41) is 24.8. The number of pyridine rings is 1. The van der Waals surface area contributed by atoms with Crippen LogP contribution in [-0.2, 0) is 16.1 Å². The number of nitrogens with zero attached hydrogens (tertiary/aromatic N) is 5. The highest BCUT2D eigenvalue weighted by Crippen LogP contribution is 2.34. The average molecular weight is 485 g/mol. The maximum atomic E-state index is 13.0. The minimum atomic E-state index is -0.966. The number of carbonyl (C=O) groups excluding carboxylic acids is 1. The molecule has 184 valence electrons. The van der Waals surface area contributed by atoms with E-state index in [-0.39, 0.29) is 18.4 Å². The van der Waals surface area contributed by atoms with E-state index >= 15 is 0 Å². The molecule has 0 bridgehead atoms. The summed E-state index contributed by atoms with van der Waals surface area (Å²) in [6, 6.07) is 16.7. The molecule has 4 aromatic rings. The van der Waals surface area contributed by atoms with E-state index in [0.29, 0.717) is 18.2 Å². The molecule has 2 aromatic heterocycles. The number of H-pyrrole nitrogens is 1. The maximum absolute atomic E-state index is 13.0. The van der Waals surface area contributed by atoms with Crippen LogP contribution in [0.2, 0.25) is 0 Å². The second kappa shape index (κ2) is 9.85. The number of aromatic amines is 1. The zero-order valence-corrected chi connectivity index (χ0v) is 20.3. The summed E-state index contributed by atoms with van der Waals surface area (Å²) >= 11 is 0. The first-order chi connectivity index (χ1) is 17.4. The van der Waals surface area contributed by atoms with E-state index in [1.165, 1.54) is 0 Å². The Labute approximate surface area is 208 Å². The fourth-order valence-corrected chi connectivity index (χ4v) is 4.51. The Hall–Kier alpha value is -4.14. The van der Waals surface area contributed by atoms with Crippen LogP contribution in [0, 0.1) is 11.8 Å². The van der Waals surface area contributed by atoms with Crippen LogP contribution in [0.25, 0.3) is 33.5 Å². The number of benzene rings is 2. The normalized spacial score (nSPS) is 14.2. The molecule has 0 saturated heterocycles. The molecular formula is C27H28N6O3. The largest absolute Gasteiger partial charge is 0.480 e. The quantitative estimate of drug-likeness (QED) is 0.362. The molecule has 9 nitrogen and oxygen atoms in total. The van der Waals surface area contributed by atoms with Gasteiger partial charge in [-0.15, -0.1) is 10.2 Å². The van der Waals surface area contributed by atoms with Crippen LogP contribution >= 0.6 is 0 Å². The summed E-state index contributed by atoms with van der Waals surface area (Å²) in [6.07, 6.45) is 2.51. The first-order valence-electron chi connectivity index (χ1n) is 12.2. The molecule has 1 atom stereocenters. The minimum absolute atomic E-state index is 0.0866. The molecule has 2 heterocycles. The molecule has 1 aliphatic carbocycles. The number of aromatic nitrogens is 5. The first-order valence-corrected chi connectivity index (χ1v) is 12.2. The van der Waals surface area contributed by atoms with Crippen LogP contribution in [0.1, 0.15) is 38.7 Å².